The van der Waals surface area contributed by atoms with E-state index in [0.29, 0.717) is 23.3 Å². The number of nitrogens with zero attached hydrogens (tertiary/aromatic N) is 3. The molecule has 0 amide bonds. The lowest BCUT2D eigenvalue weighted by molar-refractivity contribution is 0.481. The van der Waals surface area contributed by atoms with Gasteiger partial charge in [-0.15, -0.1) is 0 Å². The molecule has 0 radical (unpaired) electrons. The summed E-state index contributed by atoms with van der Waals surface area (Å²) in [6.07, 6.45) is 4.02. The maximum atomic E-state index is 9.55. The molecule has 0 aromatic carbocycles. The van der Waals surface area contributed by atoms with E-state index in [1.807, 2.05) is 0 Å². The molecule has 2 N–H and O–H groups in total. The normalized spacial score (nSPS) is 20.0. The van der Waals surface area contributed by atoms with Crippen molar-refractivity contribution in [1.82, 2.24) is 15.3 Å². The molecule has 1 aliphatic heterocycles. The highest BCUT2D eigenvalue weighted by molar-refractivity contribution is 8.06. The van der Waals surface area contributed by atoms with Gasteiger partial charge >= 0.3 is 0 Å². The number of hydrogen-bond donors (Lipinski definition) is 2. The lowest BCUT2D eigenvalue weighted by Gasteiger charge is -2.20. The van der Waals surface area contributed by atoms with Gasteiger partial charge in [0.1, 0.15) is 11.6 Å². The Hall–Kier alpha value is -2.00. The summed E-state index contributed by atoms with van der Waals surface area (Å²) in [5.74, 6) is 0.598. The van der Waals surface area contributed by atoms with Crippen LogP contribution in [0.25, 0.3) is 5.57 Å². The second kappa shape index (κ2) is 5.65. The number of nitriles is 1. The molecule has 3 rings (SSSR count). The van der Waals surface area contributed by atoms with Crippen LogP contribution in [0.3, 0.4) is 0 Å². The predicted octanol–water partition coefficient (Wildman–Crippen LogP) is 3.47. The van der Waals surface area contributed by atoms with E-state index in [4.69, 9.17) is 0 Å². The van der Waals surface area contributed by atoms with Crippen molar-refractivity contribution in [2.24, 2.45) is 5.41 Å². The number of aromatic nitrogens is 2. The van der Waals surface area contributed by atoms with Crippen molar-refractivity contribution >= 4 is 23.3 Å². The summed E-state index contributed by atoms with van der Waals surface area (Å²) in [5.41, 5.74) is 2.35. The van der Waals surface area contributed by atoms with Gasteiger partial charge in [0.15, 0.2) is 0 Å². The Bertz CT molecular complexity index is 689. The van der Waals surface area contributed by atoms with E-state index in [-0.39, 0.29) is 5.41 Å². The van der Waals surface area contributed by atoms with Crippen molar-refractivity contribution in [3.8, 4) is 6.07 Å². The molecule has 1 saturated carbocycles. The number of rotatable bonds is 3. The molecule has 0 unspecified atom stereocenters. The van der Waals surface area contributed by atoms with Gasteiger partial charge in [0.25, 0.3) is 0 Å². The third-order valence-electron chi connectivity index (χ3n) is 3.51. The lowest BCUT2D eigenvalue weighted by Crippen LogP contribution is -2.20. The topological polar surface area (TPSA) is 73.6 Å². The maximum Gasteiger partial charge on any atom is 0.223 e. The van der Waals surface area contributed by atoms with Crippen LogP contribution in [-0.2, 0) is 0 Å². The number of anilines is 1. The van der Waals surface area contributed by atoms with Crippen molar-refractivity contribution in [3.63, 3.8) is 0 Å². The van der Waals surface area contributed by atoms with Gasteiger partial charge < -0.3 is 10.6 Å². The molecule has 0 spiro atoms. The zero-order chi connectivity index (χ0) is 15.7. The molecule has 5 nitrogen and oxygen atoms in total. The van der Waals surface area contributed by atoms with Gasteiger partial charge in [0, 0.05) is 23.4 Å². The fourth-order valence-corrected chi connectivity index (χ4v) is 3.07. The molecule has 1 aromatic rings. The molecule has 1 fully saturated rings. The van der Waals surface area contributed by atoms with Gasteiger partial charge in [0.05, 0.1) is 10.7 Å². The number of nitrogens with one attached hydrogen (secondary N) is 2. The third kappa shape index (κ3) is 3.25. The first-order valence-electron chi connectivity index (χ1n) is 7.36. The van der Waals surface area contributed by atoms with E-state index >= 15 is 0 Å². The summed E-state index contributed by atoms with van der Waals surface area (Å²) in [4.78, 5) is 8.70. The fraction of sp³-hybridized carbons (Fsp3) is 0.438. The molecule has 22 heavy (non-hydrogen) atoms. The number of allylic oxidation sites excluding steroid dienone is 2. The summed E-state index contributed by atoms with van der Waals surface area (Å²) < 4.78 is 0. The molecule has 0 bridgehead atoms. The molecule has 0 atom stereocenters. The molecule has 1 aliphatic carbocycles. The van der Waals surface area contributed by atoms with E-state index in [2.05, 4.69) is 52.9 Å². The van der Waals surface area contributed by atoms with Crippen LogP contribution in [0.2, 0.25) is 0 Å². The van der Waals surface area contributed by atoms with Gasteiger partial charge in [-0.1, -0.05) is 32.5 Å². The minimum absolute atomic E-state index is 0.0275. The maximum absolute atomic E-state index is 9.55. The van der Waals surface area contributed by atoms with E-state index in [0.717, 1.165) is 23.6 Å². The molecule has 114 valence electrons. The Morgan fingerprint density at radius 2 is 2.23 bits per heavy atom. The van der Waals surface area contributed by atoms with Crippen molar-refractivity contribution in [3.05, 3.63) is 34.1 Å². The molecule has 0 saturated heterocycles. The van der Waals surface area contributed by atoms with Crippen molar-refractivity contribution < 1.29 is 0 Å². The monoisotopic (exact) mass is 313 g/mol. The van der Waals surface area contributed by atoms with Crippen LogP contribution in [0.1, 0.15) is 39.3 Å². The second-order valence-corrected chi connectivity index (χ2v) is 7.40. The minimum atomic E-state index is 0.0275. The Labute approximate surface area is 134 Å². The van der Waals surface area contributed by atoms with E-state index in [9.17, 15) is 5.26 Å². The Balaban J connectivity index is 1.86. The van der Waals surface area contributed by atoms with Crippen LogP contribution in [0.15, 0.2) is 28.4 Å². The quantitative estimate of drug-likeness (QED) is 0.832. The van der Waals surface area contributed by atoms with Gasteiger partial charge in [-0.2, -0.15) is 5.26 Å². The SMILES string of the molecule is CC(C)(C)C1=CS/C(=C(/C#N)c2ccnc(NC3CC3)n2)N1. The number of thioether (sulfide) groups is 1. The van der Waals surface area contributed by atoms with Gasteiger partial charge in [-0.3, -0.25) is 0 Å². The molecule has 2 aliphatic rings. The third-order valence-corrected chi connectivity index (χ3v) is 4.41. The minimum Gasteiger partial charge on any atom is -0.351 e. The lowest BCUT2D eigenvalue weighted by atomic mass is 9.93. The zero-order valence-electron chi connectivity index (χ0n) is 13.0. The van der Waals surface area contributed by atoms with Crippen molar-refractivity contribution in [1.29, 1.82) is 5.26 Å². The summed E-state index contributed by atoms with van der Waals surface area (Å²) in [6, 6.07) is 4.54. The van der Waals surface area contributed by atoms with Crippen LogP contribution in [0.5, 0.6) is 0 Å². The predicted molar refractivity (Wildman–Crippen MR) is 89.5 cm³/mol. The van der Waals surface area contributed by atoms with Gasteiger partial charge in [-0.25, -0.2) is 9.97 Å². The summed E-state index contributed by atoms with van der Waals surface area (Å²) in [7, 11) is 0. The summed E-state index contributed by atoms with van der Waals surface area (Å²) >= 11 is 1.54. The first kappa shape index (κ1) is 14.9. The van der Waals surface area contributed by atoms with Crippen LogP contribution < -0.4 is 10.6 Å². The number of hydrogen-bond acceptors (Lipinski definition) is 6. The fourth-order valence-electron chi connectivity index (χ4n) is 1.99. The van der Waals surface area contributed by atoms with Crippen molar-refractivity contribution in [2.75, 3.05) is 5.32 Å². The average molecular weight is 313 g/mol. The van der Waals surface area contributed by atoms with Crippen LogP contribution >= 0.6 is 11.8 Å². The van der Waals surface area contributed by atoms with Gasteiger partial charge in [0.2, 0.25) is 5.95 Å². The highest BCUT2D eigenvalue weighted by Crippen LogP contribution is 2.37. The van der Waals surface area contributed by atoms with Crippen LogP contribution in [0, 0.1) is 16.7 Å². The Morgan fingerprint density at radius 3 is 2.82 bits per heavy atom. The Kier molecular flexibility index (Phi) is 3.83. The van der Waals surface area contributed by atoms with E-state index in [1.54, 1.807) is 24.0 Å². The molecule has 1 aromatic heterocycles. The first-order chi connectivity index (χ1) is 10.5. The standard InChI is InChI=1S/C16H19N5S/c1-16(2,3)13-9-22-14(21-13)11(8-17)12-6-7-18-15(20-12)19-10-4-5-10/h6-7,9-10,21H,4-5H2,1-3H3,(H,18,19,20)/b14-11-. The largest absolute Gasteiger partial charge is 0.351 e. The van der Waals surface area contributed by atoms with Crippen LogP contribution in [-0.4, -0.2) is 16.0 Å². The molecular formula is C16H19N5S. The van der Waals surface area contributed by atoms with Crippen molar-refractivity contribution in [2.45, 2.75) is 39.7 Å². The first-order valence-corrected chi connectivity index (χ1v) is 8.24. The molecular weight excluding hydrogens is 294 g/mol. The molecule has 2 heterocycles. The molecule has 6 heteroatoms. The summed E-state index contributed by atoms with van der Waals surface area (Å²) in [6.45, 7) is 6.43. The highest BCUT2D eigenvalue weighted by Gasteiger charge is 2.25. The highest BCUT2D eigenvalue weighted by atomic mass is 32.2. The van der Waals surface area contributed by atoms with E-state index in [1.165, 1.54) is 0 Å². The van der Waals surface area contributed by atoms with Crippen LogP contribution in [0.4, 0.5) is 5.95 Å². The smallest absolute Gasteiger partial charge is 0.223 e. The zero-order valence-corrected chi connectivity index (χ0v) is 13.8. The second-order valence-electron chi connectivity index (χ2n) is 6.52. The van der Waals surface area contributed by atoms with Gasteiger partial charge in [-0.05, 0) is 24.3 Å². The van der Waals surface area contributed by atoms with E-state index < -0.39 is 0 Å². The summed E-state index contributed by atoms with van der Waals surface area (Å²) in [5, 5.41) is 19.1. The average Bonchev–Trinajstić information content (AvgIpc) is 3.13. The Morgan fingerprint density at radius 1 is 1.45 bits per heavy atom.